The molecule has 1 aliphatic heterocycles. The molecular formula is C13H15ClF3N3O. The normalized spacial score (nSPS) is 31.4. The van der Waals surface area contributed by atoms with E-state index in [1.54, 1.807) is 0 Å². The molecule has 116 valence electrons. The van der Waals surface area contributed by atoms with Gasteiger partial charge in [0.25, 0.3) is 0 Å². The second kappa shape index (κ2) is 4.71. The van der Waals surface area contributed by atoms with Gasteiger partial charge < -0.3 is 10.0 Å². The highest BCUT2D eigenvalue weighted by Crippen LogP contribution is 2.65. The van der Waals surface area contributed by atoms with Gasteiger partial charge in [-0.25, -0.2) is 9.97 Å². The maximum atomic E-state index is 12.8. The molecule has 1 N–H and O–H groups in total. The van der Waals surface area contributed by atoms with E-state index in [-0.39, 0.29) is 23.8 Å². The molecule has 8 heteroatoms. The topological polar surface area (TPSA) is 49.2 Å². The minimum atomic E-state index is -4.54. The highest BCUT2D eigenvalue weighted by Gasteiger charge is 2.67. The van der Waals surface area contributed by atoms with E-state index in [2.05, 4.69) is 9.97 Å². The number of aliphatic hydroxyl groups is 1. The SMILES string of the molecule is CCC12CN(c3cc(C(F)(F)F)nc(Cl)n3)CC1C2CO. The second-order valence-electron chi connectivity index (χ2n) is 5.74. The molecule has 2 heterocycles. The first kappa shape index (κ1) is 14.8. The van der Waals surface area contributed by atoms with E-state index in [1.807, 2.05) is 11.8 Å². The quantitative estimate of drug-likeness (QED) is 0.869. The highest BCUT2D eigenvalue weighted by molar-refractivity contribution is 6.28. The van der Waals surface area contributed by atoms with Crippen molar-refractivity contribution in [1.82, 2.24) is 9.97 Å². The van der Waals surface area contributed by atoms with Gasteiger partial charge in [-0.1, -0.05) is 6.92 Å². The minimum Gasteiger partial charge on any atom is -0.396 e. The van der Waals surface area contributed by atoms with E-state index in [1.165, 1.54) is 0 Å². The summed E-state index contributed by atoms with van der Waals surface area (Å²) < 4.78 is 38.3. The third-order valence-electron chi connectivity index (χ3n) is 4.91. The summed E-state index contributed by atoms with van der Waals surface area (Å²) in [4.78, 5) is 8.97. The first-order valence-corrected chi connectivity index (χ1v) is 7.17. The lowest BCUT2D eigenvalue weighted by Gasteiger charge is -2.24. The van der Waals surface area contributed by atoms with Crippen LogP contribution < -0.4 is 4.90 Å². The lowest BCUT2D eigenvalue weighted by atomic mass is 10.0. The number of anilines is 1. The van der Waals surface area contributed by atoms with Crippen LogP contribution in [-0.4, -0.2) is 34.8 Å². The standard InChI is InChI=1S/C13H15ClF3N3O/c1-2-12-6-20(4-7(12)8(12)5-21)10-3-9(13(15,16)17)18-11(14)19-10/h3,7-8,21H,2,4-6H2,1H3. The lowest BCUT2D eigenvalue weighted by Crippen LogP contribution is -2.29. The number of nitrogens with zero attached hydrogens (tertiary/aromatic N) is 3. The Labute approximate surface area is 124 Å². The molecule has 0 radical (unpaired) electrons. The summed E-state index contributed by atoms with van der Waals surface area (Å²) >= 11 is 5.62. The van der Waals surface area contributed by atoms with Gasteiger partial charge in [0.05, 0.1) is 0 Å². The molecule has 4 nitrogen and oxygen atoms in total. The maximum absolute atomic E-state index is 12.8. The molecule has 1 aliphatic carbocycles. The van der Waals surface area contributed by atoms with Gasteiger partial charge >= 0.3 is 6.18 Å². The lowest BCUT2D eigenvalue weighted by molar-refractivity contribution is -0.141. The van der Waals surface area contributed by atoms with Crippen LogP contribution in [0.5, 0.6) is 0 Å². The second-order valence-corrected chi connectivity index (χ2v) is 6.08. The molecule has 1 saturated carbocycles. The van der Waals surface area contributed by atoms with Gasteiger partial charge in [-0.05, 0) is 35.3 Å². The summed E-state index contributed by atoms with van der Waals surface area (Å²) in [5.41, 5.74) is -1.02. The van der Waals surface area contributed by atoms with Crippen molar-refractivity contribution in [2.75, 3.05) is 24.6 Å². The largest absolute Gasteiger partial charge is 0.433 e. The summed E-state index contributed by atoms with van der Waals surface area (Å²) in [5.74, 6) is 0.771. The third kappa shape index (κ3) is 2.26. The molecule has 3 atom stereocenters. The monoisotopic (exact) mass is 321 g/mol. The Kier molecular flexibility index (Phi) is 3.33. The molecule has 1 aromatic heterocycles. The summed E-state index contributed by atoms with van der Waals surface area (Å²) in [6.45, 7) is 3.37. The van der Waals surface area contributed by atoms with Crippen molar-refractivity contribution in [3.8, 4) is 0 Å². The number of hydrogen-bond acceptors (Lipinski definition) is 4. The number of piperidine rings is 1. The van der Waals surface area contributed by atoms with Crippen LogP contribution >= 0.6 is 11.6 Å². The van der Waals surface area contributed by atoms with Gasteiger partial charge in [0.2, 0.25) is 5.28 Å². The molecule has 0 amide bonds. The fourth-order valence-electron chi connectivity index (χ4n) is 3.70. The van der Waals surface area contributed by atoms with Crippen LogP contribution in [0.3, 0.4) is 0 Å². The number of aliphatic hydroxyl groups excluding tert-OH is 1. The smallest absolute Gasteiger partial charge is 0.396 e. The maximum Gasteiger partial charge on any atom is 0.433 e. The number of rotatable bonds is 3. The predicted octanol–water partition coefficient (Wildman–Crippen LogP) is 2.60. The van der Waals surface area contributed by atoms with Crippen LogP contribution in [0, 0.1) is 17.3 Å². The Morgan fingerprint density at radius 1 is 1.48 bits per heavy atom. The zero-order valence-corrected chi connectivity index (χ0v) is 12.1. The molecule has 2 fully saturated rings. The molecular weight excluding hydrogens is 307 g/mol. The number of fused-ring (bicyclic) bond motifs is 1. The van der Waals surface area contributed by atoms with E-state index in [0.29, 0.717) is 19.0 Å². The van der Waals surface area contributed by atoms with Crippen molar-refractivity contribution < 1.29 is 18.3 Å². The Balaban J connectivity index is 1.86. The zero-order valence-electron chi connectivity index (χ0n) is 11.4. The number of alkyl halides is 3. The molecule has 21 heavy (non-hydrogen) atoms. The molecule has 1 saturated heterocycles. The van der Waals surface area contributed by atoms with Gasteiger partial charge in [0, 0.05) is 25.8 Å². The fourth-order valence-corrected chi connectivity index (χ4v) is 3.88. The fraction of sp³-hybridized carbons (Fsp3) is 0.692. The molecule has 1 aromatic rings. The van der Waals surface area contributed by atoms with Gasteiger partial charge in [-0.15, -0.1) is 0 Å². The van der Waals surface area contributed by atoms with Crippen LogP contribution in [-0.2, 0) is 6.18 Å². The van der Waals surface area contributed by atoms with Gasteiger partial charge in [0.15, 0.2) is 5.69 Å². The zero-order chi connectivity index (χ0) is 15.4. The average molecular weight is 322 g/mol. The highest BCUT2D eigenvalue weighted by atomic mass is 35.5. The summed E-state index contributed by atoms with van der Waals surface area (Å²) in [5, 5.41) is 8.95. The van der Waals surface area contributed by atoms with E-state index in [9.17, 15) is 18.3 Å². The first-order valence-electron chi connectivity index (χ1n) is 6.79. The average Bonchev–Trinajstić information content (AvgIpc) is 2.84. The summed E-state index contributed by atoms with van der Waals surface area (Å²) in [6.07, 6.45) is -3.65. The van der Waals surface area contributed by atoms with Crippen LogP contribution in [0.15, 0.2) is 6.07 Å². The Bertz CT molecular complexity index is 568. The number of aromatic nitrogens is 2. The van der Waals surface area contributed by atoms with E-state index in [0.717, 1.165) is 12.5 Å². The van der Waals surface area contributed by atoms with Gasteiger partial charge in [-0.2, -0.15) is 13.2 Å². The first-order chi connectivity index (χ1) is 9.81. The molecule has 0 spiro atoms. The van der Waals surface area contributed by atoms with Crippen molar-refractivity contribution in [2.24, 2.45) is 17.3 Å². The minimum absolute atomic E-state index is 0.00454. The Morgan fingerprint density at radius 3 is 2.71 bits per heavy atom. The third-order valence-corrected chi connectivity index (χ3v) is 5.08. The number of halogens is 4. The molecule has 2 aliphatic rings. The summed E-state index contributed by atoms with van der Waals surface area (Å²) in [6, 6.07) is 0.938. The van der Waals surface area contributed by atoms with Crippen LogP contribution in [0.25, 0.3) is 0 Å². The molecule has 3 unspecified atom stereocenters. The van der Waals surface area contributed by atoms with Crippen LogP contribution in [0.4, 0.5) is 19.0 Å². The predicted molar refractivity (Wildman–Crippen MR) is 71.0 cm³/mol. The van der Waals surface area contributed by atoms with Gasteiger partial charge in [-0.3, -0.25) is 0 Å². The van der Waals surface area contributed by atoms with Crippen molar-refractivity contribution in [1.29, 1.82) is 0 Å². The molecule has 0 bridgehead atoms. The van der Waals surface area contributed by atoms with Crippen LogP contribution in [0.1, 0.15) is 19.0 Å². The van der Waals surface area contributed by atoms with Crippen molar-refractivity contribution in [3.63, 3.8) is 0 Å². The van der Waals surface area contributed by atoms with E-state index in [4.69, 9.17) is 11.6 Å². The van der Waals surface area contributed by atoms with Crippen molar-refractivity contribution in [3.05, 3.63) is 17.0 Å². The molecule has 0 aromatic carbocycles. The number of hydrogen-bond donors (Lipinski definition) is 1. The van der Waals surface area contributed by atoms with Gasteiger partial charge in [0.1, 0.15) is 5.82 Å². The van der Waals surface area contributed by atoms with Crippen molar-refractivity contribution >= 4 is 17.4 Å². The van der Waals surface area contributed by atoms with E-state index >= 15 is 0 Å². The van der Waals surface area contributed by atoms with Crippen molar-refractivity contribution in [2.45, 2.75) is 19.5 Å². The van der Waals surface area contributed by atoms with E-state index < -0.39 is 17.2 Å². The Hall–Kier alpha value is -1.08. The molecule has 3 rings (SSSR count). The van der Waals surface area contributed by atoms with Crippen LogP contribution in [0.2, 0.25) is 5.28 Å². The summed E-state index contributed by atoms with van der Waals surface area (Å²) in [7, 11) is 0. The Morgan fingerprint density at radius 2 is 2.19 bits per heavy atom.